The highest BCUT2D eigenvalue weighted by molar-refractivity contribution is 5.88. The molecule has 3 heterocycles. The summed E-state index contributed by atoms with van der Waals surface area (Å²) in [7, 11) is 0. The molecule has 1 fully saturated rings. The van der Waals surface area contributed by atoms with Crippen molar-refractivity contribution >= 4 is 5.97 Å². The molecule has 1 aromatic rings. The molecule has 1 aromatic heterocycles. The van der Waals surface area contributed by atoms with Crippen molar-refractivity contribution in [2.24, 2.45) is 5.92 Å². The normalized spacial score (nSPS) is 23.5. The summed E-state index contributed by atoms with van der Waals surface area (Å²) in [6, 6.07) is 0. The van der Waals surface area contributed by atoms with E-state index in [1.807, 2.05) is 0 Å². The quantitative estimate of drug-likeness (QED) is 0.585. The van der Waals surface area contributed by atoms with Gasteiger partial charge in [0.1, 0.15) is 6.10 Å². The monoisotopic (exact) mass is 370 g/mol. The number of esters is 1. The van der Waals surface area contributed by atoms with Crippen molar-refractivity contribution in [3.63, 3.8) is 0 Å². The lowest BCUT2D eigenvalue weighted by Gasteiger charge is -2.19. The first-order valence-corrected chi connectivity index (χ1v) is 8.43. The van der Waals surface area contributed by atoms with Crippen LogP contribution in [0.15, 0.2) is 16.3 Å². The van der Waals surface area contributed by atoms with Gasteiger partial charge in [-0.05, 0) is 25.8 Å². The zero-order chi connectivity index (χ0) is 19.3. The van der Waals surface area contributed by atoms with Gasteiger partial charge in [0.2, 0.25) is 17.4 Å². The van der Waals surface area contributed by atoms with Crippen molar-refractivity contribution in [2.75, 3.05) is 6.61 Å². The Labute approximate surface area is 151 Å². The number of halogens is 1. The Morgan fingerprint density at radius 1 is 1.23 bits per heavy atom. The molecule has 1 atom stereocenters. The second-order valence-electron chi connectivity index (χ2n) is 7.48. The van der Waals surface area contributed by atoms with Crippen molar-refractivity contribution in [3.05, 3.63) is 17.7 Å². The molecule has 0 aromatic carbocycles. The number of carbonyl (C=O) groups excluding carboxylic acids is 1. The SMILES string of the molecule is CC(C)/C=C(/F)C(=O)Oc1c(C2COC(C)(C)O2)oc2c1OC(C)(C)O2. The van der Waals surface area contributed by atoms with Gasteiger partial charge in [-0.25, -0.2) is 4.79 Å². The average Bonchev–Trinajstić information content (AvgIpc) is 3.09. The van der Waals surface area contributed by atoms with Gasteiger partial charge >= 0.3 is 11.9 Å². The van der Waals surface area contributed by atoms with E-state index in [0.29, 0.717) is 0 Å². The Morgan fingerprint density at radius 2 is 1.92 bits per heavy atom. The third-order valence-electron chi connectivity index (χ3n) is 3.67. The molecule has 0 radical (unpaired) electrons. The second kappa shape index (κ2) is 6.28. The molecular weight excluding hydrogens is 347 g/mol. The topological polar surface area (TPSA) is 76.4 Å². The molecule has 0 saturated carbocycles. The highest BCUT2D eigenvalue weighted by atomic mass is 19.1. The third kappa shape index (κ3) is 3.71. The first-order chi connectivity index (χ1) is 12.0. The zero-order valence-electron chi connectivity index (χ0n) is 15.7. The number of carbonyl (C=O) groups is 1. The van der Waals surface area contributed by atoms with E-state index in [0.717, 1.165) is 0 Å². The number of hydrogen-bond donors (Lipinski definition) is 0. The molecular formula is C18H23FO7. The van der Waals surface area contributed by atoms with Crippen molar-refractivity contribution in [3.8, 4) is 17.4 Å². The van der Waals surface area contributed by atoms with Gasteiger partial charge in [0.05, 0.1) is 6.61 Å². The standard InChI is InChI=1S/C18H23FO7/c1-9(2)7-10(19)15(20)22-13-12(11-8-21-17(3,4)24-11)23-16-14(13)25-18(5,6)26-16/h7,9,11H,8H2,1-6H3/b10-7+. The van der Waals surface area contributed by atoms with Gasteiger partial charge in [-0.3, -0.25) is 0 Å². The molecule has 0 spiro atoms. The van der Waals surface area contributed by atoms with E-state index in [9.17, 15) is 9.18 Å². The fraction of sp³-hybridized carbons (Fsp3) is 0.611. The van der Waals surface area contributed by atoms with E-state index in [-0.39, 0.29) is 35.7 Å². The molecule has 2 aliphatic heterocycles. The molecule has 0 bridgehead atoms. The fourth-order valence-electron chi connectivity index (χ4n) is 2.67. The number of furan rings is 1. The number of rotatable bonds is 4. The molecule has 0 aliphatic carbocycles. The van der Waals surface area contributed by atoms with E-state index < -0.39 is 29.5 Å². The van der Waals surface area contributed by atoms with Crippen LogP contribution in [0.4, 0.5) is 4.39 Å². The third-order valence-corrected chi connectivity index (χ3v) is 3.67. The van der Waals surface area contributed by atoms with Crippen LogP contribution in [-0.4, -0.2) is 24.2 Å². The second-order valence-corrected chi connectivity index (χ2v) is 7.48. The van der Waals surface area contributed by atoms with Gasteiger partial charge in [0.25, 0.3) is 5.75 Å². The number of hydrogen-bond acceptors (Lipinski definition) is 7. The lowest BCUT2D eigenvalue weighted by atomic mass is 10.2. The Morgan fingerprint density at radius 3 is 2.50 bits per heavy atom. The molecule has 1 unspecified atom stereocenters. The largest absolute Gasteiger partial charge is 0.441 e. The van der Waals surface area contributed by atoms with Crippen LogP contribution in [0.5, 0.6) is 17.4 Å². The summed E-state index contributed by atoms with van der Waals surface area (Å²) in [6.45, 7) is 10.5. The van der Waals surface area contributed by atoms with E-state index in [2.05, 4.69) is 0 Å². The van der Waals surface area contributed by atoms with Gasteiger partial charge in [-0.15, -0.1) is 0 Å². The van der Waals surface area contributed by atoms with E-state index >= 15 is 0 Å². The summed E-state index contributed by atoms with van der Waals surface area (Å²) in [5, 5.41) is 0. The summed E-state index contributed by atoms with van der Waals surface area (Å²) in [4.78, 5) is 12.1. The highest BCUT2D eigenvalue weighted by Gasteiger charge is 2.45. The maximum atomic E-state index is 14.0. The molecule has 0 N–H and O–H groups in total. The van der Waals surface area contributed by atoms with Crippen LogP contribution in [0.25, 0.3) is 0 Å². The van der Waals surface area contributed by atoms with Gasteiger partial charge in [0.15, 0.2) is 11.5 Å². The van der Waals surface area contributed by atoms with Gasteiger partial charge in [-0.1, -0.05) is 13.8 Å². The minimum atomic E-state index is -1.14. The van der Waals surface area contributed by atoms with Crippen molar-refractivity contribution in [1.29, 1.82) is 0 Å². The van der Waals surface area contributed by atoms with Gasteiger partial charge in [-0.2, -0.15) is 4.39 Å². The number of allylic oxidation sites excluding steroid dienone is 1. The van der Waals surface area contributed by atoms with Crippen LogP contribution in [-0.2, 0) is 14.3 Å². The van der Waals surface area contributed by atoms with Gasteiger partial charge < -0.3 is 28.1 Å². The van der Waals surface area contributed by atoms with Crippen molar-refractivity contribution in [1.82, 2.24) is 0 Å². The molecule has 7 nitrogen and oxygen atoms in total. The summed E-state index contributed by atoms with van der Waals surface area (Å²) in [6.07, 6.45) is 0.521. The molecule has 1 saturated heterocycles. The Balaban J connectivity index is 1.93. The average molecular weight is 370 g/mol. The Hall–Kier alpha value is -2.06. The van der Waals surface area contributed by atoms with Gasteiger partial charge in [0, 0.05) is 13.8 Å². The minimum absolute atomic E-state index is 0.0503. The lowest BCUT2D eigenvalue weighted by molar-refractivity contribution is -0.142. The first kappa shape index (κ1) is 18.7. The summed E-state index contributed by atoms with van der Waals surface area (Å²) in [5.41, 5.74) is 0. The van der Waals surface area contributed by atoms with Crippen molar-refractivity contribution < 1.29 is 37.3 Å². The molecule has 26 heavy (non-hydrogen) atoms. The lowest BCUT2D eigenvalue weighted by Crippen LogP contribution is -2.30. The van der Waals surface area contributed by atoms with Crippen molar-refractivity contribution in [2.45, 2.75) is 59.2 Å². The highest BCUT2D eigenvalue weighted by Crippen LogP contribution is 2.54. The summed E-state index contributed by atoms with van der Waals surface area (Å²) >= 11 is 0. The van der Waals surface area contributed by atoms with Crippen LogP contribution in [0.1, 0.15) is 53.4 Å². The summed E-state index contributed by atoms with van der Waals surface area (Å²) < 4.78 is 47.4. The predicted octanol–water partition coefficient (Wildman–Crippen LogP) is 4.03. The molecule has 0 amide bonds. The number of ether oxygens (including phenoxy) is 5. The predicted molar refractivity (Wildman–Crippen MR) is 87.6 cm³/mol. The van der Waals surface area contributed by atoms with E-state index in [4.69, 9.17) is 28.1 Å². The van der Waals surface area contributed by atoms with Crippen LogP contribution >= 0.6 is 0 Å². The molecule has 144 valence electrons. The van der Waals surface area contributed by atoms with E-state index in [1.54, 1.807) is 41.5 Å². The van der Waals surface area contributed by atoms with E-state index in [1.165, 1.54) is 6.08 Å². The van der Waals surface area contributed by atoms with Crippen LogP contribution < -0.4 is 14.2 Å². The zero-order valence-corrected chi connectivity index (χ0v) is 15.7. The van der Waals surface area contributed by atoms with Crippen LogP contribution in [0.2, 0.25) is 0 Å². The smallest absolute Gasteiger partial charge is 0.372 e. The number of fused-ring (bicyclic) bond motifs is 1. The molecule has 3 rings (SSSR count). The summed E-state index contributed by atoms with van der Waals surface area (Å²) in [5.74, 6) is -3.87. The maximum Gasteiger partial charge on any atom is 0.372 e. The maximum absolute atomic E-state index is 14.0. The Bertz CT molecular complexity index is 745. The molecule has 2 aliphatic rings. The minimum Gasteiger partial charge on any atom is -0.441 e. The van der Waals surface area contributed by atoms with Crippen LogP contribution in [0, 0.1) is 5.92 Å². The molecule has 8 heteroatoms. The first-order valence-electron chi connectivity index (χ1n) is 8.43. The Kier molecular flexibility index (Phi) is 4.52. The fourth-order valence-corrected chi connectivity index (χ4v) is 2.67. The van der Waals surface area contributed by atoms with Crippen LogP contribution in [0.3, 0.4) is 0 Å².